The van der Waals surface area contributed by atoms with Crippen molar-refractivity contribution in [2.75, 3.05) is 11.4 Å². The third kappa shape index (κ3) is 1.47. The number of nitrogens with zero attached hydrogens (tertiary/aromatic N) is 1. The van der Waals surface area contributed by atoms with E-state index in [2.05, 4.69) is 0 Å². The van der Waals surface area contributed by atoms with Gasteiger partial charge in [-0.1, -0.05) is 23.2 Å². The summed E-state index contributed by atoms with van der Waals surface area (Å²) in [6.45, 7) is 0.538. The third-order valence-electron chi connectivity index (χ3n) is 2.18. The van der Waals surface area contributed by atoms with Gasteiger partial charge in [-0.05, 0) is 18.2 Å². The lowest BCUT2D eigenvalue weighted by Gasteiger charge is -2.36. The number of carbonyl (C=O) groups is 1. The highest BCUT2D eigenvalue weighted by Gasteiger charge is 2.34. The van der Waals surface area contributed by atoms with Crippen molar-refractivity contribution in [3.63, 3.8) is 0 Å². The van der Waals surface area contributed by atoms with Crippen LogP contribution in [0.3, 0.4) is 0 Å². The molecular formula is C9H8Cl2N2O. The quantitative estimate of drug-likeness (QED) is 0.747. The maximum atomic E-state index is 11.3. The van der Waals surface area contributed by atoms with Crippen molar-refractivity contribution in [1.29, 1.82) is 0 Å². The lowest BCUT2D eigenvalue weighted by Crippen LogP contribution is -2.61. The minimum Gasteiger partial charge on any atom is -0.318 e. The molecule has 3 nitrogen and oxygen atoms in total. The zero-order valence-electron chi connectivity index (χ0n) is 7.21. The molecule has 1 aliphatic heterocycles. The molecule has 1 atom stereocenters. The van der Waals surface area contributed by atoms with Crippen LogP contribution < -0.4 is 10.6 Å². The largest absolute Gasteiger partial charge is 0.318 e. The van der Waals surface area contributed by atoms with Gasteiger partial charge in [0.1, 0.15) is 6.04 Å². The van der Waals surface area contributed by atoms with E-state index in [1.165, 1.54) is 0 Å². The predicted molar refractivity (Wildman–Crippen MR) is 56.8 cm³/mol. The Morgan fingerprint density at radius 3 is 2.57 bits per heavy atom. The summed E-state index contributed by atoms with van der Waals surface area (Å²) >= 11 is 11.6. The first-order chi connectivity index (χ1) is 6.59. The Kier molecular flexibility index (Phi) is 2.39. The van der Waals surface area contributed by atoms with E-state index in [0.29, 0.717) is 16.6 Å². The third-order valence-corrected chi connectivity index (χ3v) is 2.92. The normalized spacial score (nSPS) is 20.9. The Morgan fingerprint density at radius 1 is 1.36 bits per heavy atom. The molecule has 1 amide bonds. The Labute approximate surface area is 91.4 Å². The molecule has 14 heavy (non-hydrogen) atoms. The summed E-state index contributed by atoms with van der Waals surface area (Å²) in [4.78, 5) is 12.9. The minimum absolute atomic E-state index is 0.0802. The van der Waals surface area contributed by atoms with Crippen molar-refractivity contribution >= 4 is 34.8 Å². The van der Waals surface area contributed by atoms with Crippen LogP contribution in [0.1, 0.15) is 0 Å². The fourth-order valence-corrected chi connectivity index (χ4v) is 1.63. The van der Waals surface area contributed by atoms with Crippen LogP contribution in [0.15, 0.2) is 18.2 Å². The number of carbonyl (C=O) groups excluding carboxylic acids is 1. The fraction of sp³-hybridized carbons (Fsp3) is 0.222. The van der Waals surface area contributed by atoms with Crippen LogP contribution in [0.4, 0.5) is 5.69 Å². The molecule has 0 spiro atoms. The van der Waals surface area contributed by atoms with Gasteiger partial charge in [0.15, 0.2) is 0 Å². The summed E-state index contributed by atoms with van der Waals surface area (Å²) in [6.07, 6.45) is 0. The van der Waals surface area contributed by atoms with Crippen molar-refractivity contribution in [2.24, 2.45) is 5.73 Å². The Bertz CT molecular complexity index is 394. The molecule has 1 heterocycles. The molecule has 1 aliphatic rings. The van der Waals surface area contributed by atoms with Gasteiger partial charge >= 0.3 is 0 Å². The monoisotopic (exact) mass is 230 g/mol. The van der Waals surface area contributed by atoms with Gasteiger partial charge in [0.25, 0.3) is 0 Å². The van der Waals surface area contributed by atoms with E-state index in [1.807, 2.05) is 0 Å². The van der Waals surface area contributed by atoms with Crippen LogP contribution in [0.25, 0.3) is 0 Å². The number of rotatable bonds is 1. The first-order valence-corrected chi connectivity index (χ1v) is 4.87. The first-order valence-electron chi connectivity index (χ1n) is 4.11. The number of β-lactam (4-membered cyclic amide) rings is 1. The standard InChI is InChI=1S/C9H8Cl2N2O/c10-6-2-1-5(3-7(6)11)13-4-8(12)9(13)14/h1-3,8H,4,12H2. The van der Waals surface area contributed by atoms with E-state index in [9.17, 15) is 4.79 Å². The van der Waals surface area contributed by atoms with Crippen LogP contribution in [0.2, 0.25) is 10.0 Å². The van der Waals surface area contributed by atoms with Crippen molar-refractivity contribution in [1.82, 2.24) is 0 Å². The molecule has 0 radical (unpaired) electrons. The van der Waals surface area contributed by atoms with Gasteiger partial charge in [-0.2, -0.15) is 0 Å². The summed E-state index contributed by atoms with van der Waals surface area (Å²) in [5.41, 5.74) is 6.21. The van der Waals surface area contributed by atoms with Gasteiger partial charge < -0.3 is 10.6 Å². The summed E-state index contributed by atoms with van der Waals surface area (Å²) in [5, 5.41) is 0.921. The van der Waals surface area contributed by atoms with Crippen LogP contribution in [0, 0.1) is 0 Å². The van der Waals surface area contributed by atoms with Gasteiger partial charge in [-0.25, -0.2) is 0 Å². The van der Waals surface area contributed by atoms with Crippen LogP contribution in [-0.4, -0.2) is 18.5 Å². The highest BCUT2D eigenvalue weighted by Crippen LogP contribution is 2.29. The smallest absolute Gasteiger partial charge is 0.245 e. The summed E-state index contributed by atoms with van der Waals surface area (Å²) in [5.74, 6) is -0.0802. The minimum atomic E-state index is -0.371. The predicted octanol–water partition coefficient (Wildman–Crippen LogP) is 1.67. The van der Waals surface area contributed by atoms with Crippen molar-refractivity contribution in [3.8, 4) is 0 Å². The van der Waals surface area contributed by atoms with E-state index in [4.69, 9.17) is 28.9 Å². The molecule has 1 fully saturated rings. The second kappa shape index (κ2) is 3.42. The molecule has 2 N–H and O–H groups in total. The molecule has 0 aliphatic carbocycles. The summed E-state index contributed by atoms with van der Waals surface area (Å²) < 4.78 is 0. The van der Waals surface area contributed by atoms with Crippen LogP contribution in [-0.2, 0) is 4.79 Å². The number of amides is 1. The van der Waals surface area contributed by atoms with Crippen LogP contribution >= 0.6 is 23.2 Å². The molecule has 1 aromatic rings. The molecule has 0 bridgehead atoms. The summed E-state index contributed by atoms with van der Waals surface area (Å²) in [7, 11) is 0. The molecule has 2 rings (SSSR count). The average Bonchev–Trinajstić information content (AvgIpc) is 2.18. The Morgan fingerprint density at radius 2 is 2.07 bits per heavy atom. The lowest BCUT2D eigenvalue weighted by molar-refractivity contribution is -0.123. The molecule has 1 aromatic carbocycles. The number of hydrogen-bond donors (Lipinski definition) is 1. The fourth-order valence-electron chi connectivity index (χ4n) is 1.34. The number of benzene rings is 1. The molecule has 0 saturated carbocycles. The summed E-state index contributed by atoms with van der Waals surface area (Å²) in [6, 6.07) is 4.70. The van der Waals surface area contributed by atoms with Crippen molar-refractivity contribution < 1.29 is 4.79 Å². The zero-order chi connectivity index (χ0) is 10.3. The topological polar surface area (TPSA) is 46.3 Å². The van der Waals surface area contributed by atoms with E-state index in [1.54, 1.807) is 23.1 Å². The SMILES string of the molecule is NC1CN(c2ccc(Cl)c(Cl)c2)C1=O. The highest BCUT2D eigenvalue weighted by atomic mass is 35.5. The molecule has 1 unspecified atom stereocenters. The van der Waals surface area contributed by atoms with Gasteiger partial charge in [0.2, 0.25) is 5.91 Å². The molecular weight excluding hydrogens is 223 g/mol. The van der Waals surface area contributed by atoms with Crippen molar-refractivity contribution in [3.05, 3.63) is 28.2 Å². The lowest BCUT2D eigenvalue weighted by atomic mass is 10.1. The second-order valence-corrected chi connectivity index (χ2v) is 3.97. The number of anilines is 1. The second-order valence-electron chi connectivity index (χ2n) is 3.15. The molecule has 0 aromatic heterocycles. The zero-order valence-corrected chi connectivity index (χ0v) is 8.72. The van der Waals surface area contributed by atoms with Crippen molar-refractivity contribution in [2.45, 2.75) is 6.04 Å². The van der Waals surface area contributed by atoms with Gasteiger partial charge in [0.05, 0.1) is 16.6 Å². The van der Waals surface area contributed by atoms with Crippen LogP contribution in [0.5, 0.6) is 0 Å². The number of hydrogen-bond acceptors (Lipinski definition) is 2. The Balaban J connectivity index is 2.26. The van der Waals surface area contributed by atoms with Gasteiger partial charge in [0, 0.05) is 5.69 Å². The molecule has 74 valence electrons. The maximum absolute atomic E-state index is 11.3. The van der Waals surface area contributed by atoms with E-state index < -0.39 is 0 Å². The molecule has 5 heteroatoms. The number of nitrogens with two attached hydrogens (primary N) is 1. The van der Waals surface area contributed by atoms with E-state index in [0.717, 1.165) is 5.69 Å². The average molecular weight is 231 g/mol. The number of halogens is 2. The van der Waals surface area contributed by atoms with Gasteiger partial charge in [-0.3, -0.25) is 4.79 Å². The first kappa shape index (κ1) is 9.77. The Hall–Kier alpha value is -0.770. The van der Waals surface area contributed by atoms with E-state index in [-0.39, 0.29) is 11.9 Å². The highest BCUT2D eigenvalue weighted by molar-refractivity contribution is 6.42. The maximum Gasteiger partial charge on any atom is 0.245 e. The molecule has 1 saturated heterocycles. The van der Waals surface area contributed by atoms with E-state index >= 15 is 0 Å². The van der Waals surface area contributed by atoms with Gasteiger partial charge in [-0.15, -0.1) is 0 Å².